The molecule has 0 N–H and O–H groups in total. The standard InChI is InChI=1S/C20H16FN3O5S/c1-12-6-5-9-17(24(27)28)18(12)19(26)29-10-14-11-30-20(22-14)23(13(2)25)16-8-4-3-7-15(16)21/h3-9,11H,10H2,1-2H3. The van der Waals surface area contributed by atoms with Crippen molar-refractivity contribution in [3.8, 4) is 0 Å². The molecule has 0 fully saturated rings. The number of amides is 1. The largest absolute Gasteiger partial charge is 0.455 e. The molecular weight excluding hydrogens is 413 g/mol. The summed E-state index contributed by atoms with van der Waals surface area (Å²) in [6.45, 7) is 2.60. The number of hydrogen-bond donors (Lipinski definition) is 0. The van der Waals surface area contributed by atoms with E-state index in [9.17, 15) is 24.1 Å². The first-order valence-electron chi connectivity index (χ1n) is 8.70. The highest BCUT2D eigenvalue weighted by Crippen LogP contribution is 2.31. The van der Waals surface area contributed by atoms with Gasteiger partial charge in [-0.25, -0.2) is 14.2 Å². The van der Waals surface area contributed by atoms with Crippen LogP contribution in [0.25, 0.3) is 0 Å². The number of esters is 1. The summed E-state index contributed by atoms with van der Waals surface area (Å²) in [7, 11) is 0. The van der Waals surface area contributed by atoms with Crippen molar-refractivity contribution < 1.29 is 23.6 Å². The second-order valence-corrected chi connectivity index (χ2v) is 7.07. The van der Waals surface area contributed by atoms with Crippen LogP contribution < -0.4 is 4.90 Å². The first-order valence-corrected chi connectivity index (χ1v) is 9.58. The lowest BCUT2D eigenvalue weighted by molar-refractivity contribution is -0.385. The van der Waals surface area contributed by atoms with E-state index in [0.29, 0.717) is 11.3 Å². The highest BCUT2D eigenvalue weighted by molar-refractivity contribution is 7.14. The molecule has 0 aliphatic rings. The van der Waals surface area contributed by atoms with Gasteiger partial charge in [0, 0.05) is 18.4 Å². The van der Waals surface area contributed by atoms with Crippen LogP contribution in [0.4, 0.5) is 20.9 Å². The van der Waals surface area contributed by atoms with E-state index in [1.807, 2.05) is 0 Å². The van der Waals surface area contributed by atoms with Crippen molar-refractivity contribution >= 4 is 39.7 Å². The zero-order chi connectivity index (χ0) is 21.8. The second-order valence-electron chi connectivity index (χ2n) is 6.23. The van der Waals surface area contributed by atoms with Gasteiger partial charge in [-0.1, -0.05) is 24.3 Å². The Morgan fingerprint density at radius 1 is 1.23 bits per heavy atom. The molecule has 10 heteroatoms. The Labute approximate surface area is 174 Å². The molecule has 0 radical (unpaired) electrons. The summed E-state index contributed by atoms with van der Waals surface area (Å²) in [4.78, 5) is 40.4. The lowest BCUT2D eigenvalue weighted by atomic mass is 10.1. The van der Waals surface area contributed by atoms with E-state index in [2.05, 4.69) is 4.98 Å². The first-order chi connectivity index (χ1) is 14.3. The molecule has 0 atom stereocenters. The quantitative estimate of drug-likeness (QED) is 0.324. The number of rotatable bonds is 6. The van der Waals surface area contributed by atoms with Crippen molar-refractivity contribution in [3.63, 3.8) is 0 Å². The van der Waals surface area contributed by atoms with Crippen LogP contribution >= 0.6 is 11.3 Å². The van der Waals surface area contributed by atoms with Crippen LogP contribution in [0.1, 0.15) is 28.5 Å². The van der Waals surface area contributed by atoms with Crippen molar-refractivity contribution in [2.24, 2.45) is 0 Å². The molecule has 30 heavy (non-hydrogen) atoms. The third kappa shape index (κ3) is 4.33. The minimum Gasteiger partial charge on any atom is -0.455 e. The Bertz CT molecular complexity index is 1130. The highest BCUT2D eigenvalue weighted by atomic mass is 32.1. The monoisotopic (exact) mass is 429 g/mol. The normalized spacial score (nSPS) is 10.5. The Morgan fingerprint density at radius 2 is 1.97 bits per heavy atom. The number of nitro benzene ring substituents is 1. The molecule has 0 aliphatic carbocycles. The van der Waals surface area contributed by atoms with Crippen LogP contribution in [0.3, 0.4) is 0 Å². The summed E-state index contributed by atoms with van der Waals surface area (Å²) in [6.07, 6.45) is 0. The molecule has 0 aliphatic heterocycles. The third-order valence-electron chi connectivity index (χ3n) is 4.14. The smallest absolute Gasteiger partial charge is 0.345 e. The van der Waals surface area contributed by atoms with Gasteiger partial charge in [0.1, 0.15) is 18.0 Å². The summed E-state index contributed by atoms with van der Waals surface area (Å²) < 4.78 is 19.3. The second kappa shape index (κ2) is 8.78. The van der Waals surface area contributed by atoms with Gasteiger partial charge in [-0.2, -0.15) is 0 Å². The summed E-state index contributed by atoms with van der Waals surface area (Å²) in [5, 5.41) is 12.9. The van der Waals surface area contributed by atoms with Crippen molar-refractivity contribution in [1.29, 1.82) is 0 Å². The predicted octanol–water partition coefficient (Wildman–Crippen LogP) is 4.54. The van der Waals surface area contributed by atoms with Gasteiger partial charge in [-0.3, -0.25) is 19.8 Å². The summed E-state index contributed by atoms with van der Waals surface area (Å²) >= 11 is 1.08. The Morgan fingerprint density at radius 3 is 2.63 bits per heavy atom. The highest BCUT2D eigenvalue weighted by Gasteiger charge is 2.25. The van der Waals surface area contributed by atoms with E-state index in [0.717, 1.165) is 16.2 Å². The summed E-state index contributed by atoms with van der Waals surface area (Å²) in [6, 6.07) is 10.1. The minimum absolute atomic E-state index is 0.0541. The lowest BCUT2D eigenvalue weighted by Gasteiger charge is -2.18. The summed E-state index contributed by atoms with van der Waals surface area (Å²) in [5.41, 5.74) is 0.312. The fourth-order valence-corrected chi connectivity index (χ4v) is 3.65. The number of aryl methyl sites for hydroxylation is 1. The molecular formula is C20H16FN3O5S. The molecule has 0 saturated heterocycles. The number of nitro groups is 1. The molecule has 2 aromatic carbocycles. The number of anilines is 2. The van der Waals surface area contributed by atoms with E-state index < -0.39 is 22.6 Å². The van der Waals surface area contributed by atoms with Crippen LogP contribution in [0.5, 0.6) is 0 Å². The number of benzene rings is 2. The molecule has 1 aromatic heterocycles. The minimum atomic E-state index is -0.855. The number of nitrogens with zero attached hydrogens (tertiary/aromatic N) is 3. The lowest BCUT2D eigenvalue weighted by Crippen LogP contribution is -2.23. The van der Waals surface area contributed by atoms with Gasteiger partial charge >= 0.3 is 5.97 Å². The molecule has 3 aromatic rings. The number of carbonyl (C=O) groups is 2. The van der Waals surface area contributed by atoms with Gasteiger partial charge in [-0.05, 0) is 24.6 Å². The average Bonchev–Trinajstić information content (AvgIpc) is 3.15. The number of hydrogen-bond acceptors (Lipinski definition) is 7. The van der Waals surface area contributed by atoms with E-state index in [1.165, 1.54) is 37.3 Å². The Balaban J connectivity index is 1.80. The van der Waals surface area contributed by atoms with E-state index in [-0.39, 0.29) is 28.7 Å². The molecule has 0 bridgehead atoms. The number of ether oxygens (including phenoxy) is 1. The maximum Gasteiger partial charge on any atom is 0.345 e. The fraction of sp³-hybridized carbons (Fsp3) is 0.150. The maximum atomic E-state index is 14.1. The van der Waals surface area contributed by atoms with Crippen LogP contribution in [-0.4, -0.2) is 21.8 Å². The SMILES string of the molecule is CC(=O)N(c1nc(COC(=O)c2c(C)cccc2[N+](=O)[O-])cs1)c1ccccc1F. The topological polar surface area (TPSA) is 103 Å². The van der Waals surface area contributed by atoms with Crippen LogP contribution in [0.15, 0.2) is 47.8 Å². The number of thiazole rings is 1. The van der Waals surface area contributed by atoms with E-state index in [4.69, 9.17) is 4.74 Å². The Kier molecular flexibility index (Phi) is 6.17. The van der Waals surface area contributed by atoms with Gasteiger partial charge < -0.3 is 4.74 Å². The van der Waals surface area contributed by atoms with Gasteiger partial charge in [0.15, 0.2) is 5.13 Å². The maximum absolute atomic E-state index is 14.1. The zero-order valence-electron chi connectivity index (χ0n) is 16.0. The number of halogens is 1. The molecule has 0 spiro atoms. The van der Waals surface area contributed by atoms with Crippen molar-refractivity contribution in [2.45, 2.75) is 20.5 Å². The van der Waals surface area contributed by atoms with Gasteiger partial charge in [0.05, 0.1) is 16.3 Å². The number of para-hydroxylation sites is 1. The Hall–Kier alpha value is -3.66. The molecule has 154 valence electrons. The van der Waals surface area contributed by atoms with Gasteiger partial charge in [0.25, 0.3) is 5.69 Å². The summed E-state index contributed by atoms with van der Waals surface area (Å²) in [5.74, 6) is -1.87. The number of aromatic nitrogens is 1. The van der Waals surface area contributed by atoms with E-state index >= 15 is 0 Å². The fourth-order valence-electron chi connectivity index (χ4n) is 2.79. The predicted molar refractivity (Wildman–Crippen MR) is 108 cm³/mol. The van der Waals surface area contributed by atoms with Crippen LogP contribution in [-0.2, 0) is 16.1 Å². The van der Waals surface area contributed by atoms with Crippen LogP contribution in [0, 0.1) is 22.9 Å². The van der Waals surface area contributed by atoms with Gasteiger partial charge in [0.2, 0.25) is 5.91 Å². The van der Waals surface area contributed by atoms with E-state index in [1.54, 1.807) is 24.4 Å². The molecule has 0 saturated carbocycles. The third-order valence-corrected chi connectivity index (χ3v) is 5.02. The van der Waals surface area contributed by atoms with Gasteiger partial charge in [-0.15, -0.1) is 11.3 Å². The number of carbonyl (C=O) groups excluding carboxylic acids is 2. The molecule has 3 rings (SSSR count). The molecule has 1 amide bonds. The average molecular weight is 429 g/mol. The molecule has 8 nitrogen and oxygen atoms in total. The zero-order valence-corrected chi connectivity index (χ0v) is 16.8. The van der Waals surface area contributed by atoms with Crippen molar-refractivity contribution in [3.05, 3.63) is 80.6 Å². The van der Waals surface area contributed by atoms with Crippen LogP contribution in [0.2, 0.25) is 0 Å². The molecule has 1 heterocycles. The molecule has 0 unspecified atom stereocenters. The van der Waals surface area contributed by atoms with Crippen molar-refractivity contribution in [2.75, 3.05) is 4.90 Å². The first kappa shape index (κ1) is 21.1. The van der Waals surface area contributed by atoms with Crippen molar-refractivity contribution in [1.82, 2.24) is 4.98 Å².